The molecule has 43 heavy (non-hydrogen) atoms. The number of urea groups is 1. The van der Waals surface area contributed by atoms with Crippen LogP contribution in [0.15, 0.2) is 60.7 Å². The van der Waals surface area contributed by atoms with Gasteiger partial charge in [-0.2, -0.15) is 0 Å². The van der Waals surface area contributed by atoms with Crippen molar-refractivity contribution in [3.63, 3.8) is 0 Å². The third kappa shape index (κ3) is 6.16. The summed E-state index contributed by atoms with van der Waals surface area (Å²) in [6.45, 7) is 1.15. The van der Waals surface area contributed by atoms with Crippen LogP contribution in [-0.2, 0) is 16.1 Å². The number of amides is 4. The summed E-state index contributed by atoms with van der Waals surface area (Å²) in [4.78, 5) is 45.7. The molecule has 10 heteroatoms. The highest BCUT2D eigenvalue weighted by atomic mass is 35.5. The predicted octanol–water partition coefficient (Wildman–Crippen LogP) is 5.94. The molecule has 2 aromatic carbocycles. The molecule has 3 aliphatic heterocycles. The predicted molar refractivity (Wildman–Crippen MR) is 162 cm³/mol. The number of piperidine rings is 1. The second-order valence-electron chi connectivity index (χ2n) is 12.7. The molecule has 1 saturated carbocycles. The first kappa shape index (κ1) is 31.4. The molecule has 232 valence electrons. The van der Waals surface area contributed by atoms with Gasteiger partial charge in [0, 0.05) is 51.0 Å². The van der Waals surface area contributed by atoms with Crippen molar-refractivity contribution in [3.8, 4) is 0 Å². The fraction of sp³-hybridized carbons (Fsp3) is 0.545. The number of alkyl halides is 2. The monoisotopic (exact) mass is 614 g/mol. The van der Waals surface area contributed by atoms with Crippen LogP contribution in [0.3, 0.4) is 0 Å². The van der Waals surface area contributed by atoms with Crippen molar-refractivity contribution in [1.82, 2.24) is 20.0 Å². The Kier molecular flexibility index (Phi) is 9.14. The molecule has 1 aliphatic carbocycles. The van der Waals surface area contributed by atoms with Crippen LogP contribution in [0.25, 0.3) is 0 Å². The minimum Gasteiger partial charge on any atom is -0.349 e. The topological polar surface area (TPSA) is 73.0 Å². The number of nitrogens with one attached hydrogen (secondary N) is 1. The van der Waals surface area contributed by atoms with E-state index >= 15 is 0 Å². The summed E-state index contributed by atoms with van der Waals surface area (Å²) < 4.78 is 27.4. The second kappa shape index (κ2) is 12.5. The Morgan fingerprint density at radius 2 is 1.51 bits per heavy atom. The highest BCUT2D eigenvalue weighted by molar-refractivity contribution is 6.07. The molecule has 2 unspecified atom stereocenters. The zero-order valence-electron chi connectivity index (χ0n) is 24.6. The fourth-order valence-corrected chi connectivity index (χ4v) is 7.82. The van der Waals surface area contributed by atoms with Gasteiger partial charge in [0.15, 0.2) is 0 Å². The summed E-state index contributed by atoms with van der Waals surface area (Å²) in [5, 5.41) is 3.20. The molecule has 4 fully saturated rings. The minimum absolute atomic E-state index is 0. The number of hydrogen-bond donors (Lipinski definition) is 1. The van der Waals surface area contributed by atoms with Gasteiger partial charge in [0.25, 0.3) is 5.91 Å². The van der Waals surface area contributed by atoms with Crippen molar-refractivity contribution in [2.24, 2.45) is 5.92 Å². The largest absolute Gasteiger partial charge is 0.349 e. The molecule has 2 aromatic rings. The van der Waals surface area contributed by atoms with E-state index in [0.717, 1.165) is 30.5 Å². The average Bonchev–Trinajstić information content (AvgIpc) is 3.33. The molecule has 3 heterocycles. The zero-order chi connectivity index (χ0) is 29.5. The lowest BCUT2D eigenvalue weighted by atomic mass is 9.81. The average molecular weight is 615 g/mol. The standard InChI is InChI=1S/C33H40F2N4O3.ClH/c1-37-30(41)32(39(31(37)42)22-23-8-4-2-5-9-23)20-26-12-13-27(21-32)38(26)19-16-28(24-10-6-3-7-11-24)36-29(40)25-14-17-33(34,35)18-15-25;/h2-11,25-28H,12-22H2,1H3,(H,36,40);1H/t26?,27?,28-,32?;/m0./s1. The van der Waals surface area contributed by atoms with Crippen LogP contribution >= 0.6 is 12.4 Å². The van der Waals surface area contributed by atoms with Gasteiger partial charge in [-0.25, -0.2) is 13.6 Å². The number of fused-ring (bicyclic) bond motifs is 2. The van der Waals surface area contributed by atoms with E-state index in [1.54, 1.807) is 11.9 Å². The van der Waals surface area contributed by atoms with Crippen LogP contribution in [0.1, 0.15) is 75.0 Å². The minimum atomic E-state index is -2.67. The number of imide groups is 1. The lowest BCUT2D eigenvalue weighted by Crippen LogP contribution is -2.60. The maximum Gasteiger partial charge on any atom is 0.327 e. The Morgan fingerprint density at radius 3 is 2.12 bits per heavy atom. The number of carbonyl (C=O) groups excluding carboxylic acids is 3. The normalized spacial score (nSPS) is 27.8. The van der Waals surface area contributed by atoms with E-state index in [9.17, 15) is 23.2 Å². The molecule has 1 spiro atoms. The van der Waals surface area contributed by atoms with E-state index in [-0.39, 0.29) is 80.0 Å². The molecule has 4 amide bonds. The highest BCUT2D eigenvalue weighted by Crippen LogP contribution is 2.48. The number of benzene rings is 2. The van der Waals surface area contributed by atoms with Crippen LogP contribution in [0.5, 0.6) is 0 Å². The van der Waals surface area contributed by atoms with Gasteiger partial charge in [-0.15, -0.1) is 12.4 Å². The Hall–Kier alpha value is -3.04. The summed E-state index contributed by atoms with van der Waals surface area (Å²) in [5.41, 5.74) is 1.17. The van der Waals surface area contributed by atoms with Crippen LogP contribution in [-0.4, -0.2) is 69.7 Å². The summed E-state index contributed by atoms with van der Waals surface area (Å²) in [7, 11) is 1.59. The maximum absolute atomic E-state index is 13.7. The van der Waals surface area contributed by atoms with Crippen molar-refractivity contribution >= 4 is 30.3 Å². The summed E-state index contributed by atoms with van der Waals surface area (Å²) >= 11 is 0. The van der Waals surface area contributed by atoms with E-state index in [1.807, 2.05) is 60.7 Å². The molecule has 4 aliphatic rings. The van der Waals surface area contributed by atoms with Gasteiger partial charge in [-0.05, 0) is 56.1 Å². The molecule has 6 rings (SSSR count). The SMILES string of the molecule is CN1C(=O)N(Cc2ccccc2)C2(CC3CCC(C2)N3CC[C@H](NC(=O)C2CCC(F)(F)CC2)c2ccccc2)C1=O.Cl. The Morgan fingerprint density at radius 1 is 0.930 bits per heavy atom. The maximum atomic E-state index is 13.7. The number of rotatable bonds is 8. The molecule has 7 nitrogen and oxygen atoms in total. The van der Waals surface area contributed by atoms with Crippen molar-refractivity contribution in [2.45, 2.75) is 93.9 Å². The van der Waals surface area contributed by atoms with Crippen molar-refractivity contribution < 1.29 is 23.2 Å². The lowest BCUT2D eigenvalue weighted by molar-refractivity contribution is -0.137. The smallest absolute Gasteiger partial charge is 0.327 e. The molecule has 0 aromatic heterocycles. The molecule has 0 radical (unpaired) electrons. The van der Waals surface area contributed by atoms with Crippen LogP contribution in [0.4, 0.5) is 13.6 Å². The molecule has 2 bridgehead atoms. The van der Waals surface area contributed by atoms with Crippen LogP contribution in [0, 0.1) is 5.92 Å². The second-order valence-corrected chi connectivity index (χ2v) is 12.7. The molecular weight excluding hydrogens is 574 g/mol. The first-order chi connectivity index (χ1) is 20.2. The summed E-state index contributed by atoms with van der Waals surface area (Å²) in [5.74, 6) is -3.31. The van der Waals surface area contributed by atoms with Crippen molar-refractivity contribution in [1.29, 1.82) is 0 Å². The van der Waals surface area contributed by atoms with Crippen LogP contribution < -0.4 is 5.32 Å². The van der Waals surface area contributed by atoms with Gasteiger partial charge < -0.3 is 10.2 Å². The van der Waals surface area contributed by atoms with Crippen LogP contribution in [0.2, 0.25) is 0 Å². The molecule has 3 saturated heterocycles. The Balaban J connectivity index is 0.00000368. The molecule has 1 N–H and O–H groups in total. The van der Waals surface area contributed by atoms with E-state index in [4.69, 9.17) is 0 Å². The van der Waals surface area contributed by atoms with E-state index in [0.29, 0.717) is 25.8 Å². The number of nitrogens with zero attached hydrogens (tertiary/aromatic N) is 3. The van der Waals surface area contributed by atoms with E-state index in [1.165, 1.54) is 4.90 Å². The number of carbonyl (C=O) groups is 3. The summed E-state index contributed by atoms with van der Waals surface area (Å²) in [6, 6.07) is 19.5. The van der Waals surface area contributed by atoms with Gasteiger partial charge in [0.2, 0.25) is 11.8 Å². The quantitative estimate of drug-likeness (QED) is 0.374. The van der Waals surface area contributed by atoms with Gasteiger partial charge >= 0.3 is 6.03 Å². The van der Waals surface area contributed by atoms with Gasteiger partial charge in [-0.1, -0.05) is 60.7 Å². The molecular formula is C33H41ClF2N4O3. The van der Waals surface area contributed by atoms with Gasteiger partial charge in [0.1, 0.15) is 5.54 Å². The van der Waals surface area contributed by atoms with E-state index in [2.05, 4.69) is 10.2 Å². The third-order valence-electron chi connectivity index (χ3n) is 10.1. The van der Waals surface area contributed by atoms with E-state index < -0.39 is 11.5 Å². The Bertz CT molecular complexity index is 1290. The van der Waals surface area contributed by atoms with Crippen molar-refractivity contribution in [3.05, 3.63) is 71.8 Å². The fourth-order valence-electron chi connectivity index (χ4n) is 7.82. The summed E-state index contributed by atoms with van der Waals surface area (Å²) in [6.07, 6.45) is 3.76. The highest BCUT2D eigenvalue weighted by Gasteiger charge is 2.61. The van der Waals surface area contributed by atoms with Gasteiger partial charge in [0.05, 0.1) is 6.04 Å². The van der Waals surface area contributed by atoms with Gasteiger partial charge in [-0.3, -0.25) is 19.4 Å². The number of hydrogen-bond acceptors (Lipinski definition) is 4. The molecule has 3 atom stereocenters. The number of halogens is 3. The first-order valence-electron chi connectivity index (χ1n) is 15.3. The zero-order valence-corrected chi connectivity index (χ0v) is 25.4. The lowest BCUT2D eigenvalue weighted by Gasteiger charge is -2.47. The third-order valence-corrected chi connectivity index (χ3v) is 10.1. The van der Waals surface area contributed by atoms with Crippen molar-refractivity contribution in [2.75, 3.05) is 13.6 Å². The first-order valence-corrected chi connectivity index (χ1v) is 15.3. The number of likely N-dealkylation sites (N-methyl/N-ethyl adjacent to an activating group) is 1. The Labute approximate surface area is 258 Å².